The number of carbonyl (C=O) groups excluding carboxylic acids is 1. The van der Waals surface area contributed by atoms with Gasteiger partial charge in [0.2, 0.25) is 5.96 Å². The minimum Gasteiger partial charge on any atom is -0.493 e. The number of nitrogens with zero attached hydrogens (tertiary/aromatic N) is 3. The number of aliphatic imine (C=N–C) groups is 2. The number of guanidine groups is 2. The van der Waals surface area contributed by atoms with Gasteiger partial charge in [-0.1, -0.05) is 23.7 Å². The molecule has 12 heteroatoms. The van der Waals surface area contributed by atoms with E-state index in [0.717, 1.165) is 12.1 Å². The quantitative estimate of drug-likeness (QED) is 0.314. The molecule has 188 valence electrons. The van der Waals surface area contributed by atoms with Crippen molar-refractivity contribution in [1.29, 1.82) is 0 Å². The van der Waals surface area contributed by atoms with Crippen LogP contribution in [0.2, 0.25) is 5.02 Å². The summed E-state index contributed by atoms with van der Waals surface area (Å²) >= 11 is 6.32. The number of ether oxygens (including phenoxy) is 2. The monoisotopic (exact) mass is 505 g/mol. The average molecular weight is 506 g/mol. The highest BCUT2D eigenvalue weighted by molar-refractivity contribution is 6.33. The largest absolute Gasteiger partial charge is 0.493 e. The Bertz CT molecular complexity index is 1090. The van der Waals surface area contributed by atoms with Crippen molar-refractivity contribution < 1.29 is 18.7 Å². The fourth-order valence-corrected chi connectivity index (χ4v) is 3.76. The molecule has 35 heavy (non-hydrogen) atoms. The van der Waals surface area contributed by atoms with Gasteiger partial charge in [-0.05, 0) is 30.7 Å². The van der Waals surface area contributed by atoms with E-state index in [1.807, 2.05) is 0 Å². The molecule has 10 nitrogen and oxygen atoms in total. The number of carbonyl (C=O) groups is 1. The van der Waals surface area contributed by atoms with Crippen LogP contribution in [0.1, 0.15) is 22.8 Å². The number of morpholine rings is 1. The van der Waals surface area contributed by atoms with Gasteiger partial charge in [0.1, 0.15) is 11.6 Å². The summed E-state index contributed by atoms with van der Waals surface area (Å²) in [6, 6.07) is 9.36. The second-order valence-electron chi connectivity index (χ2n) is 7.80. The lowest BCUT2D eigenvalue weighted by Crippen LogP contribution is -2.47. The van der Waals surface area contributed by atoms with Crippen molar-refractivity contribution in [3.8, 4) is 5.75 Å². The number of nitrogens with two attached hydrogens (primary N) is 3. The minimum absolute atomic E-state index is 0.173. The first-order valence-corrected chi connectivity index (χ1v) is 11.4. The summed E-state index contributed by atoms with van der Waals surface area (Å²) in [6.07, 6.45) is -0.206. The molecule has 1 heterocycles. The number of benzene rings is 2. The summed E-state index contributed by atoms with van der Waals surface area (Å²) in [5.41, 5.74) is 17.8. The predicted molar refractivity (Wildman–Crippen MR) is 133 cm³/mol. The maximum Gasteiger partial charge on any atom is 0.255 e. The lowest BCUT2D eigenvalue weighted by atomic mass is 10.1. The minimum atomic E-state index is -0.373. The van der Waals surface area contributed by atoms with Crippen molar-refractivity contribution in [3.63, 3.8) is 0 Å². The average Bonchev–Trinajstić information content (AvgIpc) is 2.81. The summed E-state index contributed by atoms with van der Waals surface area (Å²) in [4.78, 5) is 22.9. The zero-order valence-electron chi connectivity index (χ0n) is 19.3. The van der Waals surface area contributed by atoms with Crippen LogP contribution >= 0.6 is 11.6 Å². The summed E-state index contributed by atoms with van der Waals surface area (Å²) in [5.74, 6) is -0.786. The topological polar surface area (TPSA) is 154 Å². The highest BCUT2D eigenvalue weighted by Crippen LogP contribution is 2.33. The number of rotatable bonds is 8. The number of halogens is 2. The van der Waals surface area contributed by atoms with Gasteiger partial charge in [-0.3, -0.25) is 9.69 Å². The predicted octanol–water partition coefficient (Wildman–Crippen LogP) is 1.73. The fraction of sp³-hybridized carbons (Fsp3) is 0.348. The molecule has 0 aliphatic carbocycles. The number of hydrogen-bond donors (Lipinski definition) is 4. The van der Waals surface area contributed by atoms with Gasteiger partial charge >= 0.3 is 0 Å². The molecule has 1 amide bonds. The summed E-state index contributed by atoms with van der Waals surface area (Å²) in [6.45, 7) is 4.96. The van der Waals surface area contributed by atoms with Crippen LogP contribution in [0, 0.1) is 5.82 Å². The second-order valence-corrected chi connectivity index (χ2v) is 8.21. The van der Waals surface area contributed by atoms with Crippen LogP contribution in [0.3, 0.4) is 0 Å². The maximum absolute atomic E-state index is 13.2. The van der Waals surface area contributed by atoms with Crippen LogP contribution < -0.4 is 27.3 Å². The van der Waals surface area contributed by atoms with Crippen molar-refractivity contribution in [3.05, 3.63) is 58.4 Å². The molecule has 0 bridgehead atoms. The van der Waals surface area contributed by atoms with Crippen LogP contribution in [-0.4, -0.2) is 61.7 Å². The number of hydrogen-bond acceptors (Lipinski definition) is 5. The lowest BCUT2D eigenvalue weighted by molar-refractivity contribution is -0.0292. The normalized spacial score (nSPS) is 16.5. The van der Waals surface area contributed by atoms with E-state index in [9.17, 15) is 9.18 Å². The molecule has 1 aliphatic heterocycles. The smallest absolute Gasteiger partial charge is 0.255 e. The Balaban J connectivity index is 1.65. The third-order valence-corrected chi connectivity index (χ3v) is 5.41. The first kappa shape index (κ1) is 26.2. The van der Waals surface area contributed by atoms with Crippen LogP contribution in [0.4, 0.5) is 10.1 Å². The van der Waals surface area contributed by atoms with Crippen LogP contribution in [0.15, 0.2) is 46.4 Å². The Morgan fingerprint density at radius 3 is 2.71 bits per heavy atom. The highest BCUT2D eigenvalue weighted by Gasteiger charge is 2.23. The molecule has 1 saturated heterocycles. The fourth-order valence-electron chi connectivity index (χ4n) is 3.56. The van der Waals surface area contributed by atoms with Gasteiger partial charge in [-0.2, -0.15) is 4.99 Å². The maximum atomic E-state index is 13.2. The molecule has 1 fully saturated rings. The second kappa shape index (κ2) is 12.3. The van der Waals surface area contributed by atoms with E-state index in [1.54, 1.807) is 19.1 Å². The van der Waals surface area contributed by atoms with Gasteiger partial charge in [0.25, 0.3) is 5.91 Å². The molecule has 1 aliphatic rings. The molecule has 1 unspecified atom stereocenters. The van der Waals surface area contributed by atoms with Gasteiger partial charge in [-0.15, -0.1) is 0 Å². The molecular weight excluding hydrogens is 477 g/mol. The zero-order valence-corrected chi connectivity index (χ0v) is 20.1. The molecule has 1 atom stereocenters. The number of nitrogens with one attached hydrogen (secondary N) is 1. The van der Waals surface area contributed by atoms with E-state index in [4.69, 9.17) is 38.3 Å². The van der Waals surface area contributed by atoms with E-state index in [1.165, 1.54) is 24.3 Å². The van der Waals surface area contributed by atoms with Crippen LogP contribution in [0.5, 0.6) is 5.75 Å². The Morgan fingerprint density at radius 2 is 2.03 bits per heavy atom. The first-order valence-electron chi connectivity index (χ1n) is 11.0. The zero-order chi connectivity index (χ0) is 25.4. The van der Waals surface area contributed by atoms with Gasteiger partial charge in [0.15, 0.2) is 5.96 Å². The summed E-state index contributed by atoms with van der Waals surface area (Å²) in [7, 11) is 0. The molecule has 0 aromatic heterocycles. The molecule has 0 saturated carbocycles. The van der Waals surface area contributed by atoms with Crippen molar-refractivity contribution in [2.24, 2.45) is 27.2 Å². The van der Waals surface area contributed by atoms with Crippen LogP contribution in [-0.2, 0) is 11.3 Å². The molecular formula is C23H29ClFN7O3. The highest BCUT2D eigenvalue weighted by atomic mass is 35.5. The molecule has 0 radical (unpaired) electrons. The van der Waals surface area contributed by atoms with Gasteiger partial charge in [-0.25, -0.2) is 9.38 Å². The first-order chi connectivity index (χ1) is 16.7. The van der Waals surface area contributed by atoms with E-state index in [-0.39, 0.29) is 51.8 Å². The van der Waals surface area contributed by atoms with Crippen LogP contribution in [0.25, 0.3) is 0 Å². The van der Waals surface area contributed by atoms with Gasteiger partial charge in [0, 0.05) is 32.2 Å². The molecule has 7 N–H and O–H groups in total. The lowest BCUT2D eigenvalue weighted by Gasteiger charge is -2.33. The third kappa shape index (κ3) is 7.81. The van der Waals surface area contributed by atoms with Crippen molar-refractivity contribution in [2.75, 3.05) is 32.8 Å². The Kier molecular flexibility index (Phi) is 9.24. The SMILES string of the molecule is CCOc1cc(N=C(N)N=C(N)N)c(Cl)cc1C(=O)NCC1CN(Cc2ccc(F)cc2)CCO1. The standard InChI is InChI=1S/C23H29ClFN7O3/c1-2-34-20-10-19(30-23(28)31-22(26)27)18(24)9-17(20)21(33)29-11-16-13-32(7-8-35-16)12-14-3-5-15(25)6-4-14/h3-6,9-10,16H,2,7-8,11-13H2,1H3,(H,29,33)(H6,26,27,28,30,31). The Morgan fingerprint density at radius 1 is 1.29 bits per heavy atom. The number of amides is 1. The van der Waals surface area contributed by atoms with Gasteiger partial charge in [0.05, 0.1) is 35.6 Å². The van der Waals surface area contributed by atoms with E-state index in [0.29, 0.717) is 32.8 Å². The molecule has 0 spiro atoms. The van der Waals surface area contributed by atoms with Gasteiger partial charge < -0.3 is 32.0 Å². The third-order valence-electron chi connectivity index (χ3n) is 5.10. The Hall–Kier alpha value is -3.41. The van der Waals surface area contributed by atoms with E-state index in [2.05, 4.69) is 20.2 Å². The van der Waals surface area contributed by atoms with Crippen molar-refractivity contribution in [2.45, 2.75) is 19.6 Å². The molecule has 2 aromatic rings. The van der Waals surface area contributed by atoms with Crippen molar-refractivity contribution in [1.82, 2.24) is 10.2 Å². The summed E-state index contributed by atoms with van der Waals surface area (Å²) < 4.78 is 24.6. The van der Waals surface area contributed by atoms with E-state index < -0.39 is 0 Å². The molecule has 3 rings (SSSR count). The Labute approximate surface area is 207 Å². The van der Waals surface area contributed by atoms with E-state index >= 15 is 0 Å². The molecule has 2 aromatic carbocycles. The summed E-state index contributed by atoms with van der Waals surface area (Å²) in [5, 5.41) is 3.05. The van der Waals surface area contributed by atoms with Crippen molar-refractivity contribution >= 4 is 35.1 Å².